The molecule has 0 fully saturated rings. The van der Waals surface area contributed by atoms with Crippen molar-refractivity contribution in [2.24, 2.45) is 0 Å². The Bertz CT molecular complexity index is 660. The summed E-state index contributed by atoms with van der Waals surface area (Å²) >= 11 is 0. The zero-order valence-corrected chi connectivity index (χ0v) is 9.90. The summed E-state index contributed by atoms with van der Waals surface area (Å²) < 4.78 is 4.84. The molecule has 0 unspecified atom stereocenters. The minimum atomic E-state index is -0.570. The number of phenolic OH excluding ortho intramolecular Hbond substituents is 2. The van der Waals surface area contributed by atoms with Crippen LogP contribution < -0.4 is 0 Å². The summed E-state index contributed by atoms with van der Waals surface area (Å²) in [6.07, 6.45) is 2.88. The molecule has 0 radical (unpaired) electrons. The molecule has 1 aromatic heterocycles. The quantitative estimate of drug-likeness (QED) is 0.499. The van der Waals surface area contributed by atoms with Gasteiger partial charge in [0, 0.05) is 0 Å². The molecule has 2 N–H and O–H groups in total. The first-order valence-corrected chi connectivity index (χ1v) is 5.29. The van der Waals surface area contributed by atoms with E-state index in [-0.39, 0.29) is 28.6 Å². The Labute approximate surface area is 107 Å². The lowest BCUT2D eigenvalue weighted by Gasteiger charge is -1.97. The topological polar surface area (TPSA) is 110 Å². The van der Waals surface area contributed by atoms with Gasteiger partial charge in [0.2, 0.25) is 5.76 Å². The van der Waals surface area contributed by atoms with Crippen LogP contribution in [-0.4, -0.2) is 20.3 Å². The average Bonchev–Trinajstić information content (AvgIpc) is 2.72. The molecule has 19 heavy (non-hydrogen) atoms. The molecular formula is C12H10N2O5. The van der Waals surface area contributed by atoms with Gasteiger partial charge in [-0.2, -0.15) is 0 Å². The third-order valence-electron chi connectivity index (χ3n) is 2.47. The Kier molecular flexibility index (Phi) is 3.19. The fourth-order valence-corrected chi connectivity index (χ4v) is 1.53. The minimum Gasteiger partial charge on any atom is -0.504 e. The highest BCUT2D eigenvalue weighted by Gasteiger charge is 2.21. The van der Waals surface area contributed by atoms with E-state index in [1.165, 1.54) is 31.2 Å². The molecular weight excluding hydrogens is 252 g/mol. The van der Waals surface area contributed by atoms with E-state index >= 15 is 0 Å². The van der Waals surface area contributed by atoms with Gasteiger partial charge < -0.3 is 14.7 Å². The van der Waals surface area contributed by atoms with Crippen molar-refractivity contribution in [1.82, 2.24) is 5.16 Å². The Hall–Kier alpha value is -2.83. The first-order valence-electron chi connectivity index (χ1n) is 5.29. The van der Waals surface area contributed by atoms with Crippen molar-refractivity contribution in [3.05, 3.63) is 45.3 Å². The number of aromatic nitrogens is 1. The van der Waals surface area contributed by atoms with Crippen molar-refractivity contribution >= 4 is 17.8 Å². The summed E-state index contributed by atoms with van der Waals surface area (Å²) in [6.45, 7) is 1.48. The summed E-state index contributed by atoms with van der Waals surface area (Å²) in [5, 5.41) is 32.8. The first-order chi connectivity index (χ1) is 8.99. The van der Waals surface area contributed by atoms with Crippen LogP contribution in [0.1, 0.15) is 17.0 Å². The predicted molar refractivity (Wildman–Crippen MR) is 66.6 cm³/mol. The Morgan fingerprint density at radius 3 is 2.68 bits per heavy atom. The molecule has 7 heteroatoms. The molecule has 2 rings (SSSR count). The van der Waals surface area contributed by atoms with Crippen molar-refractivity contribution in [3.8, 4) is 11.5 Å². The smallest absolute Gasteiger partial charge is 0.338 e. The third-order valence-corrected chi connectivity index (χ3v) is 2.47. The van der Waals surface area contributed by atoms with Gasteiger partial charge in [-0.3, -0.25) is 10.1 Å². The van der Waals surface area contributed by atoms with Gasteiger partial charge in [-0.1, -0.05) is 17.3 Å². The number of benzene rings is 1. The maximum atomic E-state index is 10.8. The average molecular weight is 262 g/mol. The van der Waals surface area contributed by atoms with Crippen LogP contribution in [0.2, 0.25) is 0 Å². The van der Waals surface area contributed by atoms with Crippen LogP contribution in [0.15, 0.2) is 22.7 Å². The van der Waals surface area contributed by atoms with Gasteiger partial charge >= 0.3 is 5.69 Å². The van der Waals surface area contributed by atoms with Gasteiger partial charge in [0.25, 0.3) is 0 Å². The molecule has 7 nitrogen and oxygen atoms in total. The number of hydrogen-bond donors (Lipinski definition) is 2. The number of aryl methyl sites for hydroxylation is 1. The Morgan fingerprint density at radius 2 is 2.05 bits per heavy atom. The second kappa shape index (κ2) is 4.81. The summed E-state index contributed by atoms with van der Waals surface area (Å²) in [4.78, 5) is 10.2. The number of aromatic hydroxyl groups is 2. The predicted octanol–water partition coefficient (Wildman–Crippen LogP) is 2.47. The highest BCUT2D eigenvalue weighted by atomic mass is 16.6. The van der Waals surface area contributed by atoms with Gasteiger partial charge in [-0.05, 0) is 30.7 Å². The largest absolute Gasteiger partial charge is 0.504 e. The second-order valence-corrected chi connectivity index (χ2v) is 3.82. The van der Waals surface area contributed by atoms with Crippen molar-refractivity contribution in [3.63, 3.8) is 0 Å². The molecule has 1 heterocycles. The van der Waals surface area contributed by atoms with Crippen LogP contribution in [0.3, 0.4) is 0 Å². The first kappa shape index (κ1) is 12.6. The van der Waals surface area contributed by atoms with Crippen LogP contribution in [0.25, 0.3) is 12.2 Å². The molecule has 0 aliphatic rings. The maximum Gasteiger partial charge on any atom is 0.338 e. The molecule has 98 valence electrons. The molecule has 0 saturated heterocycles. The number of rotatable bonds is 3. The zero-order valence-electron chi connectivity index (χ0n) is 9.90. The summed E-state index contributed by atoms with van der Waals surface area (Å²) in [6, 6.07) is 4.18. The molecule has 0 amide bonds. The summed E-state index contributed by atoms with van der Waals surface area (Å²) in [7, 11) is 0. The van der Waals surface area contributed by atoms with Gasteiger partial charge in [0.05, 0.1) is 4.92 Å². The van der Waals surface area contributed by atoms with Crippen molar-refractivity contribution in [1.29, 1.82) is 0 Å². The fourth-order valence-electron chi connectivity index (χ4n) is 1.53. The van der Waals surface area contributed by atoms with Gasteiger partial charge in [0.15, 0.2) is 17.2 Å². The van der Waals surface area contributed by atoms with E-state index in [1.54, 1.807) is 6.07 Å². The lowest BCUT2D eigenvalue weighted by Crippen LogP contribution is -1.90. The molecule has 1 aromatic carbocycles. The van der Waals surface area contributed by atoms with E-state index in [4.69, 9.17) is 9.63 Å². The Morgan fingerprint density at radius 1 is 1.32 bits per heavy atom. The van der Waals surface area contributed by atoms with E-state index in [2.05, 4.69) is 5.16 Å². The summed E-state index contributed by atoms with van der Waals surface area (Å²) in [5.41, 5.74) is 0.552. The minimum absolute atomic E-state index is 0.0232. The third kappa shape index (κ3) is 2.54. The van der Waals surface area contributed by atoms with Crippen molar-refractivity contribution < 1.29 is 19.7 Å². The van der Waals surface area contributed by atoms with Crippen LogP contribution in [-0.2, 0) is 0 Å². The number of phenols is 2. The molecule has 2 aromatic rings. The van der Waals surface area contributed by atoms with Gasteiger partial charge in [-0.25, -0.2) is 0 Å². The van der Waals surface area contributed by atoms with Crippen LogP contribution in [0.4, 0.5) is 5.69 Å². The zero-order chi connectivity index (χ0) is 14.0. The van der Waals surface area contributed by atoms with Crippen molar-refractivity contribution in [2.45, 2.75) is 6.92 Å². The lowest BCUT2D eigenvalue weighted by molar-refractivity contribution is -0.386. The monoisotopic (exact) mass is 262 g/mol. The molecule has 0 aliphatic carbocycles. The number of nitro groups is 1. The highest BCUT2D eigenvalue weighted by Crippen LogP contribution is 2.27. The van der Waals surface area contributed by atoms with E-state index in [9.17, 15) is 15.2 Å². The fraction of sp³-hybridized carbons (Fsp3) is 0.0833. The van der Waals surface area contributed by atoms with E-state index in [0.717, 1.165) is 0 Å². The van der Waals surface area contributed by atoms with E-state index in [1.807, 2.05) is 0 Å². The normalized spacial score (nSPS) is 11.0. The summed E-state index contributed by atoms with van der Waals surface area (Å²) in [5.74, 6) is -0.487. The van der Waals surface area contributed by atoms with Crippen LogP contribution in [0.5, 0.6) is 11.5 Å². The van der Waals surface area contributed by atoms with Gasteiger partial charge in [0.1, 0.15) is 0 Å². The van der Waals surface area contributed by atoms with E-state index < -0.39 is 4.92 Å². The Balaban J connectivity index is 2.32. The lowest BCUT2D eigenvalue weighted by atomic mass is 10.1. The van der Waals surface area contributed by atoms with Gasteiger partial charge in [-0.15, -0.1) is 0 Å². The molecule has 0 atom stereocenters. The molecule has 0 saturated carbocycles. The number of hydrogen-bond acceptors (Lipinski definition) is 6. The van der Waals surface area contributed by atoms with Crippen LogP contribution in [0, 0.1) is 17.0 Å². The SMILES string of the molecule is Cc1noc(C=Cc2ccc(O)c(O)c2)c1[N+](=O)[O-]. The highest BCUT2D eigenvalue weighted by molar-refractivity contribution is 5.72. The molecule has 0 bridgehead atoms. The second-order valence-electron chi connectivity index (χ2n) is 3.82. The maximum absolute atomic E-state index is 10.8. The molecule has 0 aliphatic heterocycles. The van der Waals surface area contributed by atoms with Crippen LogP contribution >= 0.6 is 0 Å². The standard InChI is InChI=1S/C12H10N2O5/c1-7-12(14(17)18)11(19-13-7)5-3-8-2-4-9(15)10(16)6-8/h2-6,15-16H,1H3. The van der Waals surface area contributed by atoms with Crippen molar-refractivity contribution in [2.75, 3.05) is 0 Å². The van der Waals surface area contributed by atoms with E-state index in [0.29, 0.717) is 5.56 Å². The number of nitrogens with zero attached hydrogens (tertiary/aromatic N) is 2. The molecule has 0 spiro atoms.